The Morgan fingerprint density at radius 1 is 0.756 bits per heavy atom. The van der Waals surface area contributed by atoms with Crippen LogP contribution in [-0.2, 0) is 22.5 Å². The third-order valence-corrected chi connectivity index (χ3v) is 6.66. The van der Waals surface area contributed by atoms with E-state index in [-0.39, 0.29) is 18.1 Å². The number of ether oxygens (including phenoxy) is 1. The second kappa shape index (κ2) is 14.5. The van der Waals surface area contributed by atoms with E-state index in [1.54, 1.807) is 19.1 Å². The van der Waals surface area contributed by atoms with E-state index in [1.807, 2.05) is 91.0 Å². The molecule has 0 saturated carbocycles. The van der Waals surface area contributed by atoms with Gasteiger partial charge in [-0.1, -0.05) is 103 Å². The predicted molar refractivity (Wildman–Crippen MR) is 162 cm³/mol. The van der Waals surface area contributed by atoms with Gasteiger partial charge < -0.3 is 15.4 Å². The first-order valence-electron chi connectivity index (χ1n) is 13.5. The molecule has 1 atom stereocenters. The Kier molecular flexibility index (Phi) is 10.3. The number of carbonyl (C=O) groups excluding carboxylic acids is 3. The molecular weight excluding hydrogens is 512 g/mol. The maximum Gasteiger partial charge on any atom is 0.328 e. The molecule has 4 aromatic rings. The maximum atomic E-state index is 12.5. The highest BCUT2D eigenvalue weighted by molar-refractivity contribution is 6.04. The van der Waals surface area contributed by atoms with Crippen molar-refractivity contribution in [2.75, 3.05) is 13.7 Å². The molecule has 0 aliphatic rings. The highest BCUT2D eigenvalue weighted by Gasteiger charge is 2.20. The zero-order valence-electron chi connectivity index (χ0n) is 23.3. The molecular formula is C35H34N2O4. The van der Waals surface area contributed by atoms with Crippen molar-refractivity contribution in [2.45, 2.75) is 25.9 Å². The molecule has 0 fully saturated rings. The number of hydrogen-bond acceptors (Lipinski definition) is 6. The minimum absolute atomic E-state index is 0.0607. The van der Waals surface area contributed by atoms with Crippen molar-refractivity contribution in [2.24, 2.45) is 0 Å². The summed E-state index contributed by atoms with van der Waals surface area (Å²) in [5.41, 5.74) is 6.01. The second-order valence-electron chi connectivity index (χ2n) is 9.77. The lowest BCUT2D eigenvalue weighted by molar-refractivity contribution is -0.142. The summed E-state index contributed by atoms with van der Waals surface area (Å²) >= 11 is 0. The van der Waals surface area contributed by atoms with Crippen LogP contribution in [0.25, 0.3) is 11.1 Å². The molecule has 41 heavy (non-hydrogen) atoms. The van der Waals surface area contributed by atoms with Crippen LogP contribution in [0.15, 0.2) is 121 Å². The molecule has 4 aromatic carbocycles. The van der Waals surface area contributed by atoms with Gasteiger partial charge in [-0.3, -0.25) is 9.59 Å². The maximum absolute atomic E-state index is 12.5. The van der Waals surface area contributed by atoms with Crippen LogP contribution in [-0.4, -0.2) is 37.2 Å². The average Bonchev–Trinajstić information content (AvgIpc) is 3.01. The van der Waals surface area contributed by atoms with Crippen molar-refractivity contribution in [3.05, 3.63) is 143 Å². The number of esters is 1. The van der Waals surface area contributed by atoms with E-state index in [2.05, 4.69) is 16.7 Å². The molecule has 0 unspecified atom stereocenters. The molecule has 0 radical (unpaired) electrons. The Labute approximate surface area is 241 Å². The summed E-state index contributed by atoms with van der Waals surface area (Å²) in [4.78, 5) is 37.4. The number of rotatable bonds is 13. The lowest BCUT2D eigenvalue weighted by Gasteiger charge is -2.18. The van der Waals surface area contributed by atoms with Gasteiger partial charge in [-0.2, -0.15) is 0 Å². The number of carbonyl (C=O) groups is 3. The Hall–Kier alpha value is -4.81. The first-order chi connectivity index (χ1) is 19.9. The third kappa shape index (κ3) is 8.59. The molecule has 0 aromatic heterocycles. The summed E-state index contributed by atoms with van der Waals surface area (Å²) in [5, 5.41) is 6.38. The van der Waals surface area contributed by atoms with Crippen LogP contribution in [0, 0.1) is 0 Å². The number of Topliss-reactive ketones (excluding diaryl/α,β-unsaturated/α-hetero) is 1. The van der Waals surface area contributed by atoms with E-state index in [0.29, 0.717) is 29.8 Å². The number of nitrogens with one attached hydrogen (secondary N) is 2. The summed E-state index contributed by atoms with van der Waals surface area (Å²) < 4.78 is 5.01. The first-order valence-corrected chi connectivity index (χ1v) is 13.5. The van der Waals surface area contributed by atoms with Crippen molar-refractivity contribution in [3.63, 3.8) is 0 Å². The van der Waals surface area contributed by atoms with Crippen LogP contribution in [0.5, 0.6) is 0 Å². The Morgan fingerprint density at radius 2 is 1.41 bits per heavy atom. The highest BCUT2D eigenvalue weighted by Crippen LogP contribution is 2.22. The van der Waals surface area contributed by atoms with Crippen molar-refractivity contribution in [1.82, 2.24) is 10.6 Å². The van der Waals surface area contributed by atoms with Gasteiger partial charge in [-0.25, -0.2) is 4.79 Å². The first kappa shape index (κ1) is 29.2. The van der Waals surface area contributed by atoms with Crippen molar-refractivity contribution >= 4 is 17.5 Å². The van der Waals surface area contributed by atoms with Gasteiger partial charge in [-0.15, -0.1) is 0 Å². The van der Waals surface area contributed by atoms with Gasteiger partial charge >= 0.3 is 5.97 Å². The van der Waals surface area contributed by atoms with E-state index < -0.39 is 12.0 Å². The molecule has 0 saturated heterocycles. The molecule has 0 aliphatic carbocycles. The summed E-state index contributed by atoms with van der Waals surface area (Å²) in [6, 6.07) is 33.8. The molecule has 0 bridgehead atoms. The van der Waals surface area contributed by atoms with Gasteiger partial charge in [0.05, 0.1) is 13.7 Å². The molecule has 0 spiro atoms. The summed E-state index contributed by atoms with van der Waals surface area (Å²) in [6.45, 7) is 2.61. The van der Waals surface area contributed by atoms with Gasteiger partial charge in [0.25, 0.3) is 0 Å². The number of hydrogen-bond donors (Lipinski definition) is 2. The van der Waals surface area contributed by atoms with Gasteiger partial charge in [0, 0.05) is 35.9 Å². The lowest BCUT2D eigenvalue weighted by atomic mass is 9.99. The molecule has 2 N–H and O–H groups in total. The smallest absolute Gasteiger partial charge is 0.328 e. The van der Waals surface area contributed by atoms with E-state index in [0.717, 1.165) is 22.3 Å². The highest BCUT2D eigenvalue weighted by atomic mass is 16.5. The molecule has 0 amide bonds. The second-order valence-corrected chi connectivity index (χ2v) is 9.77. The van der Waals surface area contributed by atoms with Crippen molar-refractivity contribution in [1.29, 1.82) is 0 Å². The van der Waals surface area contributed by atoms with Crippen LogP contribution >= 0.6 is 0 Å². The van der Waals surface area contributed by atoms with Crippen LogP contribution < -0.4 is 10.6 Å². The van der Waals surface area contributed by atoms with E-state index >= 15 is 0 Å². The number of allylic oxidation sites excluding steroid dienone is 2. The van der Waals surface area contributed by atoms with E-state index in [9.17, 15) is 14.4 Å². The quantitative estimate of drug-likeness (QED) is 0.126. The number of methoxy groups -OCH3 is 1. The van der Waals surface area contributed by atoms with Crippen LogP contribution in [0.1, 0.15) is 38.8 Å². The fourth-order valence-electron chi connectivity index (χ4n) is 4.51. The number of ketones is 2. The van der Waals surface area contributed by atoms with Crippen molar-refractivity contribution < 1.29 is 19.1 Å². The fraction of sp³-hybridized carbons (Fsp3) is 0.171. The standard InChI is InChI=1S/C35H34N2O4/c1-25(20-33(38)29-11-5-3-6-12-29)37-32(35(40)41-2)22-26-16-18-28(19-17-26)31-15-9-10-27(21-31)23-36-24-34(39)30-13-7-4-8-14-30/h3-21,32,36-37H,22-24H2,1-2H3/t32-/m0/s1. The van der Waals surface area contributed by atoms with E-state index in [4.69, 9.17) is 4.74 Å². The average molecular weight is 547 g/mol. The largest absolute Gasteiger partial charge is 0.467 e. The molecule has 4 rings (SSSR count). The predicted octanol–water partition coefficient (Wildman–Crippen LogP) is 5.79. The summed E-state index contributed by atoms with van der Waals surface area (Å²) in [7, 11) is 1.35. The molecule has 6 heteroatoms. The lowest BCUT2D eigenvalue weighted by Crippen LogP contribution is -2.38. The van der Waals surface area contributed by atoms with Gasteiger partial charge in [0.15, 0.2) is 11.6 Å². The van der Waals surface area contributed by atoms with Gasteiger partial charge in [-0.05, 0) is 35.2 Å². The summed E-state index contributed by atoms with van der Waals surface area (Å²) in [6.07, 6.45) is 1.89. The molecule has 6 nitrogen and oxygen atoms in total. The molecule has 0 heterocycles. The van der Waals surface area contributed by atoms with E-state index in [1.165, 1.54) is 13.2 Å². The molecule has 208 valence electrons. The normalized spacial score (nSPS) is 11.9. The topological polar surface area (TPSA) is 84.5 Å². The summed E-state index contributed by atoms with van der Waals surface area (Å²) in [5.74, 6) is -0.478. The molecule has 0 aliphatic heterocycles. The Bertz CT molecular complexity index is 1500. The van der Waals surface area contributed by atoms with Gasteiger partial charge in [0.2, 0.25) is 0 Å². The minimum atomic E-state index is -0.640. The minimum Gasteiger partial charge on any atom is -0.467 e. The number of benzene rings is 4. The zero-order valence-corrected chi connectivity index (χ0v) is 23.3. The van der Waals surface area contributed by atoms with Crippen LogP contribution in [0.2, 0.25) is 0 Å². The van der Waals surface area contributed by atoms with Crippen molar-refractivity contribution in [3.8, 4) is 11.1 Å². The Balaban J connectivity index is 1.37. The van der Waals surface area contributed by atoms with Crippen LogP contribution in [0.4, 0.5) is 0 Å². The third-order valence-electron chi connectivity index (χ3n) is 6.66. The Morgan fingerprint density at radius 3 is 2.07 bits per heavy atom. The zero-order chi connectivity index (χ0) is 29.0. The fourth-order valence-corrected chi connectivity index (χ4v) is 4.51. The van der Waals surface area contributed by atoms with Crippen LogP contribution in [0.3, 0.4) is 0 Å². The monoisotopic (exact) mass is 546 g/mol. The SMILES string of the molecule is COC(=O)[C@H](Cc1ccc(-c2cccc(CNCC(=O)c3ccccc3)c2)cc1)NC(C)=CC(=O)c1ccccc1. The van der Waals surface area contributed by atoms with Gasteiger partial charge in [0.1, 0.15) is 6.04 Å².